The molecule has 0 spiro atoms. The monoisotopic (exact) mass is 276 g/mol. The molecular formula is C10H13ClN2O5. The van der Waals surface area contributed by atoms with Crippen molar-refractivity contribution in [2.24, 2.45) is 0 Å². The summed E-state index contributed by atoms with van der Waals surface area (Å²) in [6.07, 6.45) is 0. The summed E-state index contributed by atoms with van der Waals surface area (Å²) in [6, 6.07) is 0. The molecule has 0 aliphatic heterocycles. The van der Waals surface area contributed by atoms with Crippen molar-refractivity contribution in [2.75, 3.05) is 13.2 Å². The Kier molecular flexibility index (Phi) is 5.11. The van der Waals surface area contributed by atoms with Crippen LogP contribution in [0.2, 0.25) is 5.15 Å². The van der Waals surface area contributed by atoms with Crippen LogP contribution in [0.25, 0.3) is 0 Å². The van der Waals surface area contributed by atoms with Gasteiger partial charge in [0, 0.05) is 12.5 Å². The number of rotatable bonds is 5. The van der Waals surface area contributed by atoms with Crippen LogP contribution in [0.3, 0.4) is 0 Å². The fourth-order valence-electron chi connectivity index (χ4n) is 1.16. The molecule has 0 amide bonds. The Labute approximate surface area is 107 Å². The zero-order valence-electron chi connectivity index (χ0n) is 9.99. The van der Waals surface area contributed by atoms with Gasteiger partial charge in [0.25, 0.3) is 5.56 Å². The first kappa shape index (κ1) is 14.5. The number of H-pyrrole nitrogens is 1. The molecule has 0 saturated carbocycles. The first-order chi connectivity index (χ1) is 8.43. The van der Waals surface area contributed by atoms with Gasteiger partial charge in [-0.2, -0.15) is 0 Å². The molecular weight excluding hydrogens is 264 g/mol. The number of ether oxygens (including phenoxy) is 2. The normalized spacial score (nSPS) is 10.4. The van der Waals surface area contributed by atoms with Gasteiger partial charge in [-0.05, 0) is 6.92 Å². The Morgan fingerprint density at radius 2 is 2.06 bits per heavy atom. The summed E-state index contributed by atoms with van der Waals surface area (Å²) in [5, 5.41) is 0.0243. The molecule has 0 aliphatic rings. The number of hydrogen-bond acceptors (Lipinski definition) is 5. The van der Waals surface area contributed by atoms with Crippen LogP contribution in [-0.2, 0) is 21.0 Å². The number of halogens is 1. The molecule has 0 fully saturated rings. The first-order valence-corrected chi connectivity index (χ1v) is 5.51. The summed E-state index contributed by atoms with van der Waals surface area (Å²) in [7, 11) is 0. The first-order valence-electron chi connectivity index (χ1n) is 5.13. The maximum absolute atomic E-state index is 11.4. The fourth-order valence-corrected chi connectivity index (χ4v) is 1.37. The highest BCUT2D eigenvalue weighted by Gasteiger charge is 2.08. The van der Waals surface area contributed by atoms with Crippen molar-refractivity contribution in [3.8, 4) is 0 Å². The second-order valence-corrected chi connectivity index (χ2v) is 3.84. The molecule has 0 bridgehead atoms. The zero-order chi connectivity index (χ0) is 13.7. The van der Waals surface area contributed by atoms with E-state index in [-0.39, 0.29) is 30.7 Å². The topological polar surface area (TPSA) is 90.4 Å². The van der Waals surface area contributed by atoms with Gasteiger partial charge in [-0.3, -0.25) is 19.1 Å². The number of hydrogen-bond donors (Lipinski definition) is 1. The zero-order valence-corrected chi connectivity index (χ0v) is 10.7. The molecule has 0 saturated heterocycles. The minimum atomic E-state index is -0.650. The van der Waals surface area contributed by atoms with E-state index in [0.29, 0.717) is 0 Å². The molecule has 1 heterocycles. The van der Waals surface area contributed by atoms with Crippen molar-refractivity contribution in [1.29, 1.82) is 0 Å². The second-order valence-electron chi connectivity index (χ2n) is 3.48. The predicted molar refractivity (Wildman–Crippen MR) is 63.7 cm³/mol. The third kappa shape index (κ3) is 3.71. The van der Waals surface area contributed by atoms with Crippen LogP contribution in [0.1, 0.15) is 12.5 Å². The molecule has 0 radical (unpaired) electrons. The quantitative estimate of drug-likeness (QED) is 0.466. The van der Waals surface area contributed by atoms with Crippen LogP contribution in [0.15, 0.2) is 9.59 Å². The number of nitrogens with zero attached hydrogens (tertiary/aromatic N) is 1. The Morgan fingerprint density at radius 3 is 2.67 bits per heavy atom. The van der Waals surface area contributed by atoms with Crippen LogP contribution in [0.5, 0.6) is 0 Å². The summed E-state index contributed by atoms with van der Waals surface area (Å²) in [5.41, 5.74) is -0.941. The lowest BCUT2D eigenvalue weighted by Crippen LogP contribution is -2.33. The Morgan fingerprint density at radius 1 is 1.39 bits per heavy atom. The summed E-state index contributed by atoms with van der Waals surface area (Å²) in [6.45, 7) is 2.86. The van der Waals surface area contributed by atoms with Crippen molar-refractivity contribution in [2.45, 2.75) is 20.6 Å². The van der Waals surface area contributed by atoms with Crippen LogP contribution < -0.4 is 11.2 Å². The summed E-state index contributed by atoms with van der Waals surface area (Å²) in [4.78, 5) is 35.2. The molecule has 0 aliphatic carbocycles. The lowest BCUT2D eigenvalue weighted by Gasteiger charge is -2.10. The lowest BCUT2D eigenvalue weighted by atomic mass is 10.4. The van der Waals surface area contributed by atoms with Gasteiger partial charge >= 0.3 is 11.7 Å². The van der Waals surface area contributed by atoms with Gasteiger partial charge in [-0.1, -0.05) is 11.6 Å². The standard InChI is InChI=1S/C10H13ClN2O5/c1-6-8(11)13(10(16)12-9(6)15)5-17-3-4-18-7(2)14/h3-5H2,1-2H3,(H,12,15,16). The van der Waals surface area contributed by atoms with Gasteiger partial charge in [-0.15, -0.1) is 0 Å². The molecule has 1 rings (SSSR count). The molecule has 100 valence electrons. The van der Waals surface area contributed by atoms with Crippen LogP contribution in [0.4, 0.5) is 0 Å². The smallest absolute Gasteiger partial charge is 0.331 e. The highest BCUT2D eigenvalue weighted by molar-refractivity contribution is 6.30. The van der Waals surface area contributed by atoms with Crippen LogP contribution >= 0.6 is 11.6 Å². The maximum Gasteiger partial charge on any atom is 0.331 e. The number of esters is 1. The van der Waals surface area contributed by atoms with E-state index < -0.39 is 17.2 Å². The number of carbonyl (C=O) groups is 1. The minimum Gasteiger partial charge on any atom is -0.463 e. The van der Waals surface area contributed by atoms with Crippen LogP contribution in [0, 0.1) is 6.92 Å². The van der Waals surface area contributed by atoms with Crippen LogP contribution in [-0.4, -0.2) is 28.7 Å². The molecule has 1 aromatic rings. The van der Waals surface area contributed by atoms with Gasteiger partial charge in [0.05, 0.1) is 6.61 Å². The van der Waals surface area contributed by atoms with Gasteiger partial charge < -0.3 is 9.47 Å². The molecule has 8 heteroatoms. The van der Waals surface area contributed by atoms with Crippen molar-refractivity contribution in [3.63, 3.8) is 0 Å². The largest absolute Gasteiger partial charge is 0.463 e. The van der Waals surface area contributed by atoms with E-state index in [1.807, 2.05) is 0 Å². The van der Waals surface area contributed by atoms with Crippen molar-refractivity contribution >= 4 is 17.6 Å². The second kappa shape index (κ2) is 6.36. The Bertz CT molecular complexity index is 548. The minimum absolute atomic E-state index is 0.0243. The molecule has 18 heavy (non-hydrogen) atoms. The third-order valence-electron chi connectivity index (χ3n) is 2.11. The lowest BCUT2D eigenvalue weighted by molar-refractivity contribution is -0.142. The van der Waals surface area contributed by atoms with Crippen molar-refractivity contribution < 1.29 is 14.3 Å². The highest BCUT2D eigenvalue weighted by Crippen LogP contribution is 2.07. The average Bonchev–Trinajstić information content (AvgIpc) is 2.29. The highest BCUT2D eigenvalue weighted by atomic mass is 35.5. The van der Waals surface area contributed by atoms with E-state index in [4.69, 9.17) is 16.3 Å². The van der Waals surface area contributed by atoms with E-state index in [9.17, 15) is 14.4 Å². The van der Waals surface area contributed by atoms with Gasteiger partial charge in [0.2, 0.25) is 0 Å². The Balaban J connectivity index is 2.63. The maximum atomic E-state index is 11.4. The number of aromatic nitrogens is 2. The van der Waals surface area contributed by atoms with Crippen molar-refractivity contribution in [3.05, 3.63) is 31.6 Å². The predicted octanol–water partition coefficient (Wildman–Crippen LogP) is 0.0356. The Hall–Kier alpha value is -1.60. The number of aromatic amines is 1. The van der Waals surface area contributed by atoms with E-state index >= 15 is 0 Å². The van der Waals surface area contributed by atoms with E-state index in [0.717, 1.165) is 4.57 Å². The molecule has 0 atom stereocenters. The van der Waals surface area contributed by atoms with Gasteiger partial charge in [0.15, 0.2) is 0 Å². The molecule has 1 aromatic heterocycles. The number of carbonyl (C=O) groups excluding carboxylic acids is 1. The van der Waals surface area contributed by atoms with Crippen molar-refractivity contribution in [1.82, 2.24) is 9.55 Å². The summed E-state index contributed by atoms with van der Waals surface area (Å²) >= 11 is 5.84. The summed E-state index contributed by atoms with van der Waals surface area (Å²) in [5.74, 6) is -0.409. The molecule has 0 aromatic carbocycles. The fraction of sp³-hybridized carbons (Fsp3) is 0.500. The van der Waals surface area contributed by atoms with E-state index in [1.165, 1.54) is 13.8 Å². The third-order valence-corrected chi connectivity index (χ3v) is 2.59. The summed E-state index contributed by atoms with van der Waals surface area (Å²) < 4.78 is 10.8. The SMILES string of the molecule is CC(=O)OCCOCn1c(Cl)c(C)c(=O)[nH]c1=O. The van der Waals surface area contributed by atoms with E-state index in [1.54, 1.807) is 0 Å². The van der Waals surface area contributed by atoms with E-state index in [2.05, 4.69) is 9.72 Å². The molecule has 1 N–H and O–H groups in total. The van der Waals surface area contributed by atoms with Gasteiger partial charge in [-0.25, -0.2) is 4.79 Å². The average molecular weight is 277 g/mol. The molecule has 0 unspecified atom stereocenters. The van der Waals surface area contributed by atoms with Gasteiger partial charge in [0.1, 0.15) is 18.5 Å². The molecule has 7 nitrogen and oxygen atoms in total. The number of nitrogens with one attached hydrogen (secondary N) is 1.